The van der Waals surface area contributed by atoms with Gasteiger partial charge in [0.05, 0.1) is 5.69 Å². The first kappa shape index (κ1) is 15.8. The topological polar surface area (TPSA) is 51.1 Å². The van der Waals surface area contributed by atoms with Crippen LogP contribution in [0.15, 0.2) is 53.2 Å². The number of ether oxygens (including phenoxy) is 2. The number of aliphatic imine (C=N–C) groups is 1. The maximum absolute atomic E-state index is 12.9. The lowest BCUT2D eigenvalue weighted by atomic mass is 10.1. The van der Waals surface area contributed by atoms with Gasteiger partial charge in [0, 0.05) is 0 Å². The number of fused-ring (bicyclic) bond motifs is 1. The Bertz CT molecular complexity index is 903. The van der Waals surface area contributed by atoms with Crippen LogP contribution in [0.25, 0.3) is 6.08 Å². The maximum Gasteiger partial charge on any atom is 0.283 e. The summed E-state index contributed by atoms with van der Waals surface area (Å²) in [6.07, 6.45) is 3.69. The minimum absolute atomic E-state index is 0.133. The van der Waals surface area contributed by atoms with Crippen LogP contribution >= 0.6 is 11.8 Å². The van der Waals surface area contributed by atoms with Crippen LogP contribution in [-0.2, 0) is 4.79 Å². The van der Waals surface area contributed by atoms with Crippen LogP contribution in [0.3, 0.4) is 0 Å². The van der Waals surface area contributed by atoms with E-state index in [1.807, 2.05) is 55.6 Å². The highest BCUT2D eigenvalue weighted by atomic mass is 32.2. The molecule has 6 heteroatoms. The van der Waals surface area contributed by atoms with Crippen LogP contribution < -0.4 is 14.4 Å². The fraction of sp³-hybridized carbons (Fsp3) is 0.158. The lowest BCUT2D eigenvalue weighted by Gasteiger charge is -2.16. The molecule has 2 aliphatic rings. The second-order valence-corrected chi connectivity index (χ2v) is 6.49. The lowest BCUT2D eigenvalue weighted by molar-refractivity contribution is -0.113. The van der Waals surface area contributed by atoms with Gasteiger partial charge < -0.3 is 9.47 Å². The number of amidine groups is 1. The molecule has 126 valence electrons. The Morgan fingerprint density at radius 3 is 2.64 bits per heavy atom. The number of hydrogen-bond donors (Lipinski definition) is 0. The average Bonchev–Trinajstić information content (AvgIpc) is 3.20. The van der Waals surface area contributed by atoms with Crippen molar-refractivity contribution >= 4 is 34.6 Å². The molecule has 0 aromatic heterocycles. The molecule has 0 aliphatic carbocycles. The van der Waals surface area contributed by atoms with Gasteiger partial charge in [-0.3, -0.25) is 9.69 Å². The molecule has 4 rings (SSSR count). The predicted octanol–water partition coefficient (Wildman–Crippen LogP) is 3.83. The van der Waals surface area contributed by atoms with E-state index in [-0.39, 0.29) is 12.7 Å². The molecule has 2 aliphatic heterocycles. The quantitative estimate of drug-likeness (QED) is 0.771. The van der Waals surface area contributed by atoms with Gasteiger partial charge in [-0.15, -0.1) is 0 Å². The van der Waals surface area contributed by atoms with Gasteiger partial charge in [0.2, 0.25) is 6.79 Å². The highest BCUT2D eigenvalue weighted by Gasteiger charge is 2.31. The van der Waals surface area contributed by atoms with E-state index in [4.69, 9.17) is 9.47 Å². The number of thioether (sulfide) groups is 1. The third-order valence-corrected chi connectivity index (χ3v) is 4.64. The molecule has 0 unspecified atom stereocenters. The molecular formula is C19H16N2O3S. The molecule has 0 atom stereocenters. The normalized spacial score (nSPS) is 17.4. The monoisotopic (exact) mass is 352 g/mol. The smallest absolute Gasteiger partial charge is 0.283 e. The van der Waals surface area contributed by atoms with Crippen molar-refractivity contribution in [3.8, 4) is 11.5 Å². The molecule has 0 N–H and O–H groups in total. The van der Waals surface area contributed by atoms with Crippen molar-refractivity contribution in [3.05, 3.63) is 59.3 Å². The number of anilines is 1. The van der Waals surface area contributed by atoms with Gasteiger partial charge in [0.1, 0.15) is 5.70 Å². The minimum atomic E-state index is -0.133. The molecule has 0 fully saturated rings. The predicted molar refractivity (Wildman–Crippen MR) is 100 cm³/mol. The van der Waals surface area contributed by atoms with Crippen molar-refractivity contribution < 1.29 is 14.3 Å². The Balaban J connectivity index is 1.68. The molecule has 0 radical (unpaired) electrons. The van der Waals surface area contributed by atoms with Gasteiger partial charge in [-0.05, 0) is 49.1 Å². The molecule has 0 spiro atoms. The number of benzene rings is 2. The van der Waals surface area contributed by atoms with E-state index in [1.54, 1.807) is 11.0 Å². The first-order valence-corrected chi connectivity index (χ1v) is 9.03. The molecule has 2 aromatic carbocycles. The van der Waals surface area contributed by atoms with Crippen LogP contribution in [-0.4, -0.2) is 24.1 Å². The van der Waals surface area contributed by atoms with E-state index in [9.17, 15) is 4.79 Å². The number of carbonyl (C=O) groups excluding carboxylic acids is 1. The lowest BCUT2D eigenvalue weighted by Crippen LogP contribution is -2.29. The highest BCUT2D eigenvalue weighted by molar-refractivity contribution is 8.13. The summed E-state index contributed by atoms with van der Waals surface area (Å²) >= 11 is 1.45. The number of amides is 1. The first-order chi connectivity index (χ1) is 12.2. The average molecular weight is 352 g/mol. The molecule has 5 nitrogen and oxygen atoms in total. The summed E-state index contributed by atoms with van der Waals surface area (Å²) in [5.74, 6) is 1.27. The molecule has 0 bridgehead atoms. The first-order valence-electron chi connectivity index (χ1n) is 7.81. The SMILES string of the molecule is CSC1=NC(=Cc2ccc3c(c2)OCO3)C(=O)N1c1ccc(C)cc1. The maximum atomic E-state index is 12.9. The van der Waals surface area contributed by atoms with E-state index in [2.05, 4.69) is 4.99 Å². The van der Waals surface area contributed by atoms with Crippen LogP contribution in [0.1, 0.15) is 11.1 Å². The third kappa shape index (κ3) is 2.89. The van der Waals surface area contributed by atoms with Gasteiger partial charge in [-0.1, -0.05) is 35.5 Å². The molecule has 25 heavy (non-hydrogen) atoms. The summed E-state index contributed by atoms with van der Waals surface area (Å²) in [5, 5.41) is 0.667. The Hall–Kier alpha value is -2.73. The van der Waals surface area contributed by atoms with Gasteiger partial charge in [-0.2, -0.15) is 0 Å². The van der Waals surface area contributed by atoms with Crippen LogP contribution in [0.2, 0.25) is 0 Å². The number of nitrogens with zero attached hydrogens (tertiary/aromatic N) is 2. The Morgan fingerprint density at radius 1 is 1.12 bits per heavy atom. The number of aryl methyl sites for hydroxylation is 1. The number of rotatable bonds is 2. The fourth-order valence-electron chi connectivity index (χ4n) is 2.72. The van der Waals surface area contributed by atoms with Gasteiger partial charge in [0.15, 0.2) is 16.7 Å². The van der Waals surface area contributed by atoms with Crippen molar-refractivity contribution in [1.82, 2.24) is 0 Å². The van der Waals surface area contributed by atoms with E-state index < -0.39 is 0 Å². The molecule has 2 heterocycles. The van der Waals surface area contributed by atoms with E-state index >= 15 is 0 Å². The highest BCUT2D eigenvalue weighted by Crippen LogP contribution is 2.34. The summed E-state index contributed by atoms with van der Waals surface area (Å²) in [5.41, 5.74) is 3.22. The summed E-state index contributed by atoms with van der Waals surface area (Å²) in [7, 11) is 0. The molecular weight excluding hydrogens is 336 g/mol. The largest absolute Gasteiger partial charge is 0.454 e. The number of carbonyl (C=O) groups is 1. The number of hydrogen-bond acceptors (Lipinski definition) is 5. The van der Waals surface area contributed by atoms with Gasteiger partial charge >= 0.3 is 0 Å². The van der Waals surface area contributed by atoms with Crippen LogP contribution in [0.5, 0.6) is 11.5 Å². The van der Waals surface area contributed by atoms with Crippen LogP contribution in [0.4, 0.5) is 5.69 Å². The van der Waals surface area contributed by atoms with Crippen molar-refractivity contribution in [2.75, 3.05) is 17.9 Å². The van der Waals surface area contributed by atoms with Gasteiger partial charge in [-0.25, -0.2) is 4.99 Å². The minimum Gasteiger partial charge on any atom is -0.454 e. The summed E-state index contributed by atoms with van der Waals surface area (Å²) in [6.45, 7) is 2.24. The van der Waals surface area contributed by atoms with Crippen molar-refractivity contribution in [2.45, 2.75) is 6.92 Å². The summed E-state index contributed by atoms with van der Waals surface area (Å²) < 4.78 is 10.7. The van der Waals surface area contributed by atoms with Crippen molar-refractivity contribution in [3.63, 3.8) is 0 Å². The zero-order valence-electron chi connectivity index (χ0n) is 13.9. The molecule has 0 saturated heterocycles. The van der Waals surface area contributed by atoms with E-state index in [0.717, 1.165) is 22.6 Å². The molecule has 0 saturated carbocycles. The van der Waals surface area contributed by atoms with Crippen molar-refractivity contribution in [2.24, 2.45) is 4.99 Å². The zero-order chi connectivity index (χ0) is 17.4. The second-order valence-electron chi connectivity index (χ2n) is 5.72. The summed E-state index contributed by atoms with van der Waals surface area (Å²) in [6, 6.07) is 13.4. The second kappa shape index (κ2) is 6.29. The zero-order valence-corrected chi connectivity index (χ0v) is 14.7. The fourth-order valence-corrected chi connectivity index (χ4v) is 3.28. The Labute approximate surface area is 150 Å². The third-order valence-electron chi connectivity index (χ3n) is 4.00. The van der Waals surface area contributed by atoms with Crippen molar-refractivity contribution in [1.29, 1.82) is 0 Å². The Morgan fingerprint density at radius 2 is 1.88 bits per heavy atom. The summed E-state index contributed by atoms with van der Waals surface area (Å²) in [4.78, 5) is 19.0. The van der Waals surface area contributed by atoms with E-state index in [0.29, 0.717) is 16.6 Å². The molecule has 1 amide bonds. The van der Waals surface area contributed by atoms with Gasteiger partial charge in [0.25, 0.3) is 5.91 Å². The standard InChI is InChI=1S/C19H16N2O3S/c1-12-3-6-14(7-4-12)21-18(22)15(20-19(21)25-2)9-13-5-8-16-17(10-13)24-11-23-16/h3-10H,11H2,1-2H3. The van der Waals surface area contributed by atoms with Crippen LogP contribution in [0, 0.1) is 6.92 Å². The van der Waals surface area contributed by atoms with E-state index in [1.165, 1.54) is 11.8 Å². The molecule has 2 aromatic rings. The Kier molecular flexibility index (Phi) is 3.97.